The fourth-order valence-electron chi connectivity index (χ4n) is 2.12. The molecule has 2 atom stereocenters. The predicted molar refractivity (Wildman–Crippen MR) is 62.0 cm³/mol. The standard InChI is InChI=1S/C13H15NO2/c1-2-13(16)14-8-11(12(15)9-14)10-6-4-3-5-7-10/h2-7,11-12,15H,1,8-9H2/t11-,12+/m0/s1. The van der Waals surface area contributed by atoms with Crippen LogP contribution in [0.4, 0.5) is 0 Å². The van der Waals surface area contributed by atoms with Gasteiger partial charge in [0.05, 0.1) is 6.10 Å². The van der Waals surface area contributed by atoms with Crippen LogP contribution in [0.3, 0.4) is 0 Å². The molecule has 1 aliphatic heterocycles. The molecule has 0 aliphatic carbocycles. The molecule has 1 aromatic rings. The minimum Gasteiger partial charge on any atom is -0.391 e. The van der Waals surface area contributed by atoms with Gasteiger partial charge in [0.25, 0.3) is 0 Å². The van der Waals surface area contributed by atoms with Crippen LogP contribution in [0.2, 0.25) is 0 Å². The van der Waals surface area contributed by atoms with Crippen LogP contribution in [0.5, 0.6) is 0 Å². The van der Waals surface area contributed by atoms with Crippen molar-refractivity contribution >= 4 is 5.91 Å². The number of hydrogen-bond acceptors (Lipinski definition) is 2. The first-order valence-corrected chi connectivity index (χ1v) is 5.36. The number of amides is 1. The number of benzene rings is 1. The molecule has 0 aromatic heterocycles. The Balaban J connectivity index is 2.14. The lowest BCUT2D eigenvalue weighted by molar-refractivity contribution is -0.125. The van der Waals surface area contributed by atoms with E-state index in [4.69, 9.17) is 0 Å². The van der Waals surface area contributed by atoms with Gasteiger partial charge in [-0.3, -0.25) is 4.79 Å². The first kappa shape index (κ1) is 10.9. The largest absolute Gasteiger partial charge is 0.391 e. The zero-order valence-electron chi connectivity index (χ0n) is 9.04. The maximum atomic E-state index is 11.4. The lowest BCUT2D eigenvalue weighted by atomic mass is 9.96. The number of likely N-dealkylation sites (tertiary alicyclic amines) is 1. The maximum absolute atomic E-state index is 11.4. The van der Waals surface area contributed by atoms with Crippen molar-refractivity contribution in [1.29, 1.82) is 0 Å². The predicted octanol–water partition coefficient (Wildman–Crippen LogP) is 1.16. The van der Waals surface area contributed by atoms with Gasteiger partial charge in [0, 0.05) is 19.0 Å². The summed E-state index contributed by atoms with van der Waals surface area (Å²) in [5.74, 6) is -0.0948. The molecule has 1 heterocycles. The lowest BCUT2D eigenvalue weighted by Gasteiger charge is -2.14. The Labute approximate surface area is 95.0 Å². The van der Waals surface area contributed by atoms with Gasteiger partial charge in [0.2, 0.25) is 5.91 Å². The Hall–Kier alpha value is -1.61. The Morgan fingerprint density at radius 3 is 2.69 bits per heavy atom. The molecule has 1 aliphatic rings. The topological polar surface area (TPSA) is 40.5 Å². The molecule has 1 N–H and O–H groups in total. The molecule has 0 unspecified atom stereocenters. The summed E-state index contributed by atoms with van der Waals surface area (Å²) in [6.45, 7) is 4.41. The normalized spacial score (nSPS) is 24.4. The molecule has 0 spiro atoms. The second-order valence-corrected chi connectivity index (χ2v) is 4.03. The van der Waals surface area contributed by atoms with Crippen LogP contribution in [0, 0.1) is 0 Å². The maximum Gasteiger partial charge on any atom is 0.246 e. The summed E-state index contributed by atoms with van der Waals surface area (Å²) in [7, 11) is 0. The van der Waals surface area contributed by atoms with Crippen LogP contribution in [0.25, 0.3) is 0 Å². The molecule has 0 bridgehead atoms. The number of hydrogen-bond donors (Lipinski definition) is 1. The zero-order chi connectivity index (χ0) is 11.5. The van der Waals surface area contributed by atoms with Crippen LogP contribution in [0.1, 0.15) is 11.5 Å². The molecule has 1 saturated heterocycles. The number of rotatable bonds is 2. The molecule has 84 valence electrons. The van der Waals surface area contributed by atoms with Gasteiger partial charge < -0.3 is 10.0 Å². The van der Waals surface area contributed by atoms with Crippen LogP contribution >= 0.6 is 0 Å². The van der Waals surface area contributed by atoms with E-state index in [9.17, 15) is 9.90 Å². The van der Waals surface area contributed by atoms with Gasteiger partial charge >= 0.3 is 0 Å². The van der Waals surface area contributed by atoms with E-state index in [1.165, 1.54) is 6.08 Å². The van der Waals surface area contributed by atoms with Crippen molar-refractivity contribution in [2.75, 3.05) is 13.1 Å². The van der Waals surface area contributed by atoms with E-state index in [0.29, 0.717) is 13.1 Å². The van der Waals surface area contributed by atoms with Crippen molar-refractivity contribution in [2.45, 2.75) is 12.0 Å². The van der Waals surface area contributed by atoms with Gasteiger partial charge in [-0.2, -0.15) is 0 Å². The van der Waals surface area contributed by atoms with Gasteiger partial charge in [0.1, 0.15) is 0 Å². The van der Waals surface area contributed by atoms with Crippen molar-refractivity contribution < 1.29 is 9.90 Å². The third kappa shape index (κ3) is 1.99. The highest BCUT2D eigenvalue weighted by Crippen LogP contribution is 2.27. The van der Waals surface area contributed by atoms with Gasteiger partial charge in [-0.25, -0.2) is 0 Å². The van der Waals surface area contributed by atoms with Gasteiger partial charge in [-0.1, -0.05) is 36.9 Å². The third-order valence-electron chi connectivity index (χ3n) is 3.00. The molecule has 3 heteroatoms. The van der Waals surface area contributed by atoms with Gasteiger partial charge in [0.15, 0.2) is 0 Å². The lowest BCUT2D eigenvalue weighted by Crippen LogP contribution is -2.27. The summed E-state index contributed by atoms with van der Waals surface area (Å²) < 4.78 is 0. The fraction of sp³-hybridized carbons (Fsp3) is 0.308. The summed E-state index contributed by atoms with van der Waals surface area (Å²) >= 11 is 0. The molecule has 16 heavy (non-hydrogen) atoms. The van der Waals surface area contributed by atoms with E-state index in [1.807, 2.05) is 30.3 Å². The highest BCUT2D eigenvalue weighted by molar-refractivity contribution is 5.87. The van der Waals surface area contributed by atoms with E-state index < -0.39 is 6.10 Å². The number of aliphatic hydroxyl groups is 1. The Morgan fingerprint density at radius 2 is 2.06 bits per heavy atom. The third-order valence-corrected chi connectivity index (χ3v) is 3.00. The SMILES string of the molecule is C=CC(=O)N1C[C@@H](O)[C@H](c2ccccc2)C1. The Kier molecular flexibility index (Phi) is 3.06. The van der Waals surface area contributed by atoms with E-state index in [2.05, 4.69) is 6.58 Å². The molecular formula is C13H15NO2. The molecule has 1 aromatic carbocycles. The first-order chi connectivity index (χ1) is 7.72. The number of nitrogens with zero attached hydrogens (tertiary/aromatic N) is 1. The second-order valence-electron chi connectivity index (χ2n) is 4.03. The van der Waals surface area contributed by atoms with Gasteiger partial charge in [-0.15, -0.1) is 0 Å². The quantitative estimate of drug-likeness (QED) is 0.755. The summed E-state index contributed by atoms with van der Waals surface area (Å²) in [6, 6.07) is 9.79. The molecule has 2 rings (SSSR count). The van der Waals surface area contributed by atoms with Crippen molar-refractivity contribution in [3.8, 4) is 0 Å². The van der Waals surface area contributed by atoms with Crippen molar-refractivity contribution in [3.05, 3.63) is 48.6 Å². The number of carbonyl (C=O) groups is 1. The number of carbonyl (C=O) groups excluding carboxylic acids is 1. The molecule has 1 fully saturated rings. The van der Waals surface area contributed by atoms with E-state index in [0.717, 1.165) is 5.56 Å². The second kappa shape index (κ2) is 4.49. The molecule has 3 nitrogen and oxygen atoms in total. The van der Waals surface area contributed by atoms with Crippen molar-refractivity contribution in [2.24, 2.45) is 0 Å². The Morgan fingerprint density at radius 1 is 1.38 bits per heavy atom. The summed E-state index contributed by atoms with van der Waals surface area (Å²) in [5, 5.41) is 9.93. The monoisotopic (exact) mass is 217 g/mol. The number of β-amino-alcohol motifs (C(OH)–C–C–N with tert-alkyl or cyclic N) is 1. The van der Waals surface area contributed by atoms with Gasteiger partial charge in [-0.05, 0) is 11.6 Å². The van der Waals surface area contributed by atoms with Crippen molar-refractivity contribution in [1.82, 2.24) is 4.90 Å². The van der Waals surface area contributed by atoms with E-state index in [-0.39, 0.29) is 11.8 Å². The zero-order valence-corrected chi connectivity index (χ0v) is 9.04. The molecular weight excluding hydrogens is 202 g/mol. The van der Waals surface area contributed by atoms with E-state index in [1.54, 1.807) is 4.90 Å². The first-order valence-electron chi connectivity index (χ1n) is 5.36. The van der Waals surface area contributed by atoms with Crippen LogP contribution in [0.15, 0.2) is 43.0 Å². The van der Waals surface area contributed by atoms with E-state index >= 15 is 0 Å². The minimum absolute atomic E-state index is 0.0186. The fourth-order valence-corrected chi connectivity index (χ4v) is 2.12. The van der Waals surface area contributed by atoms with Crippen molar-refractivity contribution in [3.63, 3.8) is 0 Å². The molecule has 0 radical (unpaired) electrons. The van der Waals surface area contributed by atoms with Crippen LogP contribution in [-0.4, -0.2) is 35.1 Å². The average Bonchev–Trinajstić information content (AvgIpc) is 2.71. The summed E-state index contributed by atoms with van der Waals surface area (Å²) in [4.78, 5) is 13.1. The minimum atomic E-state index is -0.480. The summed E-state index contributed by atoms with van der Waals surface area (Å²) in [5.41, 5.74) is 1.08. The average molecular weight is 217 g/mol. The molecule has 1 amide bonds. The summed E-state index contributed by atoms with van der Waals surface area (Å²) in [6.07, 6.45) is 0.811. The van der Waals surface area contributed by atoms with Crippen LogP contribution in [-0.2, 0) is 4.79 Å². The molecule has 0 saturated carbocycles. The Bertz CT molecular complexity index is 388. The van der Waals surface area contributed by atoms with Crippen LogP contribution < -0.4 is 0 Å². The highest BCUT2D eigenvalue weighted by Gasteiger charge is 2.33. The smallest absolute Gasteiger partial charge is 0.246 e. The number of aliphatic hydroxyl groups excluding tert-OH is 1. The highest BCUT2D eigenvalue weighted by atomic mass is 16.3.